The van der Waals surface area contributed by atoms with Crippen LogP contribution in [-0.4, -0.2) is 55.1 Å². The lowest BCUT2D eigenvalue weighted by Crippen LogP contribution is -2.42. The van der Waals surface area contributed by atoms with Crippen LogP contribution < -0.4 is 10.6 Å². The Balaban J connectivity index is 1.51. The summed E-state index contributed by atoms with van der Waals surface area (Å²) in [7, 11) is 1.90. The van der Waals surface area contributed by atoms with Crippen molar-refractivity contribution in [2.75, 3.05) is 33.2 Å². The number of aromatic nitrogens is 1. The van der Waals surface area contributed by atoms with E-state index in [1.54, 1.807) is 6.20 Å². The van der Waals surface area contributed by atoms with Crippen LogP contribution in [0.3, 0.4) is 0 Å². The number of pyridine rings is 1. The Morgan fingerprint density at radius 2 is 2.23 bits per heavy atom. The highest BCUT2D eigenvalue weighted by atomic mass is 16.2. The van der Waals surface area contributed by atoms with Crippen molar-refractivity contribution < 1.29 is 4.79 Å². The van der Waals surface area contributed by atoms with Gasteiger partial charge >= 0.3 is 0 Å². The Kier molecular flexibility index (Phi) is 4.74. The molecule has 2 fully saturated rings. The van der Waals surface area contributed by atoms with Gasteiger partial charge in [0.25, 0.3) is 0 Å². The molecule has 1 atom stereocenters. The normalized spacial score (nSPS) is 23.6. The number of hydrogen-bond acceptors (Lipinski definition) is 4. The number of likely N-dealkylation sites (N-methyl/N-ethyl adjacent to an activating group) is 1. The lowest BCUT2D eigenvalue weighted by atomic mass is 9.77. The molecule has 1 aromatic rings. The Morgan fingerprint density at radius 3 is 2.95 bits per heavy atom. The Labute approximate surface area is 132 Å². The van der Waals surface area contributed by atoms with Crippen LogP contribution in [0.4, 0.5) is 0 Å². The van der Waals surface area contributed by atoms with Crippen molar-refractivity contribution in [2.24, 2.45) is 5.41 Å². The van der Waals surface area contributed by atoms with Gasteiger partial charge in [0.2, 0.25) is 5.91 Å². The monoisotopic (exact) mass is 302 g/mol. The van der Waals surface area contributed by atoms with Gasteiger partial charge in [-0.1, -0.05) is 6.07 Å². The van der Waals surface area contributed by atoms with Gasteiger partial charge in [-0.2, -0.15) is 0 Å². The van der Waals surface area contributed by atoms with E-state index in [4.69, 9.17) is 0 Å². The van der Waals surface area contributed by atoms with Crippen LogP contribution in [0.25, 0.3) is 0 Å². The molecule has 5 heteroatoms. The zero-order valence-corrected chi connectivity index (χ0v) is 13.3. The van der Waals surface area contributed by atoms with E-state index in [0.717, 1.165) is 44.7 Å². The zero-order chi connectivity index (χ0) is 15.4. The minimum Gasteiger partial charge on any atom is -0.344 e. The van der Waals surface area contributed by atoms with E-state index in [9.17, 15) is 4.79 Å². The Hall–Kier alpha value is -1.46. The lowest BCUT2D eigenvalue weighted by Gasteiger charge is -2.33. The molecule has 0 aliphatic carbocycles. The van der Waals surface area contributed by atoms with Crippen LogP contribution in [-0.2, 0) is 11.2 Å². The second-order valence-electron chi connectivity index (χ2n) is 6.72. The molecule has 5 nitrogen and oxygen atoms in total. The van der Waals surface area contributed by atoms with Crippen molar-refractivity contribution in [1.29, 1.82) is 0 Å². The van der Waals surface area contributed by atoms with Crippen molar-refractivity contribution >= 4 is 5.91 Å². The molecule has 2 aliphatic rings. The summed E-state index contributed by atoms with van der Waals surface area (Å²) >= 11 is 0. The van der Waals surface area contributed by atoms with E-state index in [2.05, 4.69) is 15.6 Å². The highest BCUT2D eigenvalue weighted by molar-refractivity contribution is 5.82. The molecule has 120 valence electrons. The molecular weight excluding hydrogens is 276 g/mol. The van der Waals surface area contributed by atoms with E-state index in [0.29, 0.717) is 5.41 Å². The highest BCUT2D eigenvalue weighted by Gasteiger charge is 2.42. The third-order valence-electron chi connectivity index (χ3n) is 5.13. The van der Waals surface area contributed by atoms with Gasteiger partial charge in [-0.05, 0) is 49.9 Å². The van der Waals surface area contributed by atoms with E-state index in [-0.39, 0.29) is 11.9 Å². The van der Waals surface area contributed by atoms with Crippen LogP contribution in [0.5, 0.6) is 0 Å². The average Bonchev–Trinajstić information content (AvgIpc) is 2.97. The molecule has 0 saturated carbocycles. The first-order chi connectivity index (χ1) is 10.7. The van der Waals surface area contributed by atoms with Crippen molar-refractivity contribution in [1.82, 2.24) is 20.5 Å². The van der Waals surface area contributed by atoms with Gasteiger partial charge in [-0.25, -0.2) is 0 Å². The van der Waals surface area contributed by atoms with Gasteiger partial charge in [-0.15, -0.1) is 0 Å². The predicted octanol–water partition coefficient (Wildman–Crippen LogP) is 0.814. The minimum atomic E-state index is -0.00756. The summed E-state index contributed by atoms with van der Waals surface area (Å²) in [5.41, 5.74) is 1.38. The van der Waals surface area contributed by atoms with Crippen molar-refractivity contribution in [3.63, 3.8) is 0 Å². The van der Waals surface area contributed by atoms with Crippen molar-refractivity contribution in [2.45, 2.75) is 31.7 Å². The molecule has 1 aromatic heterocycles. The molecule has 22 heavy (non-hydrogen) atoms. The third kappa shape index (κ3) is 3.47. The second kappa shape index (κ2) is 6.75. The minimum absolute atomic E-state index is 0.00756. The van der Waals surface area contributed by atoms with E-state index >= 15 is 0 Å². The van der Waals surface area contributed by atoms with Crippen molar-refractivity contribution in [3.05, 3.63) is 30.1 Å². The number of nitrogens with one attached hydrogen (secondary N) is 2. The SMILES string of the molecule is CN(CCc1ccccn1)C(=O)C1CC2(CCNCC2)CN1. The first-order valence-corrected chi connectivity index (χ1v) is 8.28. The molecular formula is C17H26N4O. The number of amides is 1. The Morgan fingerprint density at radius 1 is 1.41 bits per heavy atom. The highest BCUT2D eigenvalue weighted by Crippen LogP contribution is 2.37. The first kappa shape index (κ1) is 15.4. The lowest BCUT2D eigenvalue weighted by molar-refractivity contribution is -0.131. The standard InChI is InChI=1S/C17H26N4O/c1-21(11-5-14-4-2-3-8-19-14)16(22)15-12-17(13-20-15)6-9-18-10-7-17/h2-4,8,15,18,20H,5-7,9-13H2,1H3. The molecule has 3 rings (SSSR count). The van der Waals surface area contributed by atoms with Crippen LogP contribution in [0, 0.1) is 5.41 Å². The molecule has 1 amide bonds. The van der Waals surface area contributed by atoms with Gasteiger partial charge in [0.05, 0.1) is 6.04 Å². The number of carbonyl (C=O) groups excluding carboxylic acids is 1. The number of nitrogens with zero attached hydrogens (tertiary/aromatic N) is 2. The summed E-state index contributed by atoms with van der Waals surface area (Å²) in [6.07, 6.45) is 5.96. The summed E-state index contributed by atoms with van der Waals surface area (Å²) in [6.45, 7) is 3.87. The van der Waals surface area contributed by atoms with Gasteiger partial charge in [0, 0.05) is 38.4 Å². The molecule has 0 aromatic carbocycles. The summed E-state index contributed by atoms with van der Waals surface area (Å²) in [5, 5.41) is 6.87. The van der Waals surface area contributed by atoms with E-state index < -0.39 is 0 Å². The number of carbonyl (C=O) groups is 1. The van der Waals surface area contributed by atoms with Crippen LogP contribution >= 0.6 is 0 Å². The molecule has 2 saturated heterocycles. The molecule has 1 spiro atoms. The van der Waals surface area contributed by atoms with Crippen molar-refractivity contribution in [3.8, 4) is 0 Å². The quantitative estimate of drug-likeness (QED) is 0.864. The fourth-order valence-corrected chi connectivity index (χ4v) is 3.63. The fraction of sp³-hybridized carbons (Fsp3) is 0.647. The van der Waals surface area contributed by atoms with Crippen LogP contribution in [0.15, 0.2) is 24.4 Å². The zero-order valence-electron chi connectivity index (χ0n) is 13.3. The molecule has 3 heterocycles. The molecule has 2 N–H and O–H groups in total. The predicted molar refractivity (Wildman–Crippen MR) is 86.5 cm³/mol. The first-order valence-electron chi connectivity index (χ1n) is 8.28. The summed E-state index contributed by atoms with van der Waals surface area (Å²) in [4.78, 5) is 18.8. The summed E-state index contributed by atoms with van der Waals surface area (Å²) in [5.74, 6) is 0.228. The summed E-state index contributed by atoms with van der Waals surface area (Å²) in [6, 6.07) is 5.91. The maximum atomic E-state index is 12.6. The van der Waals surface area contributed by atoms with Gasteiger partial charge in [0.15, 0.2) is 0 Å². The number of hydrogen-bond donors (Lipinski definition) is 2. The molecule has 2 aliphatic heterocycles. The van der Waals surface area contributed by atoms with Gasteiger partial charge in [0.1, 0.15) is 0 Å². The molecule has 0 radical (unpaired) electrons. The van der Waals surface area contributed by atoms with Crippen LogP contribution in [0.1, 0.15) is 25.0 Å². The van der Waals surface area contributed by atoms with E-state index in [1.165, 1.54) is 12.8 Å². The second-order valence-corrected chi connectivity index (χ2v) is 6.72. The number of piperidine rings is 1. The maximum absolute atomic E-state index is 12.6. The molecule has 1 unspecified atom stereocenters. The third-order valence-corrected chi connectivity index (χ3v) is 5.13. The Bertz CT molecular complexity index is 499. The fourth-order valence-electron chi connectivity index (χ4n) is 3.63. The largest absolute Gasteiger partial charge is 0.344 e. The smallest absolute Gasteiger partial charge is 0.239 e. The van der Waals surface area contributed by atoms with Crippen LogP contribution in [0.2, 0.25) is 0 Å². The number of rotatable bonds is 4. The summed E-state index contributed by atoms with van der Waals surface area (Å²) < 4.78 is 0. The van der Waals surface area contributed by atoms with E-state index in [1.807, 2.05) is 30.1 Å². The topological polar surface area (TPSA) is 57.3 Å². The maximum Gasteiger partial charge on any atom is 0.239 e. The molecule has 0 bridgehead atoms. The van der Waals surface area contributed by atoms with Gasteiger partial charge in [-0.3, -0.25) is 9.78 Å². The average molecular weight is 302 g/mol. The van der Waals surface area contributed by atoms with Gasteiger partial charge < -0.3 is 15.5 Å².